The Labute approximate surface area is 163 Å². The third kappa shape index (κ3) is 3.76. The van der Waals surface area contributed by atoms with Crippen molar-refractivity contribution in [2.24, 2.45) is 5.92 Å². The van der Waals surface area contributed by atoms with Crippen LogP contribution in [0.1, 0.15) is 19.3 Å². The van der Waals surface area contributed by atoms with Crippen molar-refractivity contribution in [3.8, 4) is 0 Å². The van der Waals surface area contributed by atoms with Crippen LogP contribution in [0.25, 0.3) is 0 Å². The Balaban J connectivity index is 1.39. The molecule has 2 aromatic rings. The Morgan fingerprint density at radius 1 is 1.04 bits per heavy atom. The summed E-state index contributed by atoms with van der Waals surface area (Å²) in [6, 6.07) is 10.8. The van der Waals surface area contributed by atoms with Gasteiger partial charge in [0.2, 0.25) is 11.8 Å². The van der Waals surface area contributed by atoms with Gasteiger partial charge >= 0.3 is 0 Å². The van der Waals surface area contributed by atoms with E-state index in [4.69, 9.17) is 11.6 Å². The molecule has 3 heterocycles. The number of halogens is 1. The van der Waals surface area contributed by atoms with E-state index in [1.807, 2.05) is 6.07 Å². The Bertz CT molecular complexity index is 832. The second kappa shape index (κ2) is 7.56. The zero-order valence-corrected chi connectivity index (χ0v) is 15.7. The normalized spacial score (nSPS) is 19.6. The average molecular weight is 385 g/mol. The summed E-state index contributed by atoms with van der Waals surface area (Å²) in [7, 11) is 0. The highest BCUT2D eigenvalue weighted by atomic mass is 35.5. The van der Waals surface area contributed by atoms with E-state index in [-0.39, 0.29) is 11.8 Å². The summed E-state index contributed by atoms with van der Waals surface area (Å²) >= 11 is 5.90. The minimum atomic E-state index is -0.694. The Morgan fingerprint density at radius 3 is 2.41 bits per heavy atom. The van der Waals surface area contributed by atoms with Gasteiger partial charge in [0.05, 0.1) is 11.9 Å². The summed E-state index contributed by atoms with van der Waals surface area (Å²) in [4.78, 5) is 33.5. The average Bonchev–Trinajstić information content (AvgIpc) is 3.33. The maximum absolute atomic E-state index is 12.7. The lowest BCUT2D eigenvalue weighted by Gasteiger charge is -2.18. The van der Waals surface area contributed by atoms with Gasteiger partial charge in [-0.05, 0) is 55.7 Å². The molecule has 1 unspecified atom stereocenters. The standard InChI is InChI=1S/C20H21ClN4O2/c21-14-3-5-15(6-4-14)25-12-9-17(20(25)27)19(26)23-18-8-7-16(13-22-18)24-10-1-2-11-24/h3-8,13,17H,1-2,9-12H2,(H,22,23,26). The number of nitrogens with one attached hydrogen (secondary N) is 1. The van der Waals surface area contributed by atoms with E-state index in [0.29, 0.717) is 23.8 Å². The van der Waals surface area contributed by atoms with Crippen molar-refractivity contribution >= 4 is 40.6 Å². The van der Waals surface area contributed by atoms with Crippen molar-refractivity contribution in [2.45, 2.75) is 19.3 Å². The number of anilines is 3. The number of hydrogen-bond acceptors (Lipinski definition) is 4. The largest absolute Gasteiger partial charge is 0.370 e. The van der Waals surface area contributed by atoms with Gasteiger partial charge in [-0.25, -0.2) is 4.98 Å². The molecule has 1 atom stereocenters. The maximum atomic E-state index is 12.7. The van der Waals surface area contributed by atoms with Crippen LogP contribution in [0.3, 0.4) is 0 Å². The number of rotatable bonds is 4. The predicted octanol–water partition coefficient (Wildman–Crippen LogP) is 3.33. The zero-order valence-electron chi connectivity index (χ0n) is 14.9. The third-order valence-electron chi connectivity index (χ3n) is 5.13. The summed E-state index contributed by atoms with van der Waals surface area (Å²) in [6.45, 7) is 2.61. The van der Waals surface area contributed by atoms with E-state index in [1.54, 1.807) is 41.4 Å². The van der Waals surface area contributed by atoms with Gasteiger partial charge in [0.25, 0.3) is 0 Å². The fourth-order valence-electron chi connectivity index (χ4n) is 3.64. The van der Waals surface area contributed by atoms with Gasteiger partial charge in [0, 0.05) is 30.3 Å². The molecule has 6 nitrogen and oxygen atoms in total. The number of carbonyl (C=O) groups is 2. The molecular weight excluding hydrogens is 364 g/mol. The molecule has 0 saturated carbocycles. The fourth-order valence-corrected chi connectivity index (χ4v) is 3.76. The van der Waals surface area contributed by atoms with Crippen molar-refractivity contribution in [3.05, 3.63) is 47.6 Å². The molecule has 140 valence electrons. The molecule has 4 rings (SSSR count). The molecule has 2 amide bonds. The van der Waals surface area contributed by atoms with Gasteiger partial charge in [-0.3, -0.25) is 9.59 Å². The highest BCUT2D eigenvalue weighted by molar-refractivity contribution is 6.30. The Morgan fingerprint density at radius 2 is 1.74 bits per heavy atom. The summed E-state index contributed by atoms with van der Waals surface area (Å²) in [5.41, 5.74) is 1.82. The Kier molecular flexibility index (Phi) is 4.99. The number of benzene rings is 1. The van der Waals surface area contributed by atoms with Crippen molar-refractivity contribution in [2.75, 3.05) is 34.8 Å². The molecule has 1 N–H and O–H groups in total. The van der Waals surface area contributed by atoms with Crippen LogP contribution in [0.2, 0.25) is 5.02 Å². The summed E-state index contributed by atoms with van der Waals surface area (Å²) in [5, 5.41) is 3.39. The molecule has 0 spiro atoms. The third-order valence-corrected chi connectivity index (χ3v) is 5.38. The highest BCUT2D eigenvalue weighted by Gasteiger charge is 2.37. The molecule has 2 fully saturated rings. The molecule has 2 aliphatic heterocycles. The molecule has 0 bridgehead atoms. The minimum absolute atomic E-state index is 0.191. The molecule has 7 heteroatoms. The van der Waals surface area contributed by atoms with Crippen LogP contribution >= 0.6 is 11.6 Å². The summed E-state index contributed by atoms with van der Waals surface area (Å²) in [6.07, 6.45) is 4.66. The number of carbonyl (C=O) groups excluding carboxylic acids is 2. The van der Waals surface area contributed by atoms with Crippen LogP contribution in [0.4, 0.5) is 17.2 Å². The van der Waals surface area contributed by atoms with Gasteiger partial charge in [-0.2, -0.15) is 0 Å². The lowest BCUT2D eigenvalue weighted by atomic mass is 10.1. The van der Waals surface area contributed by atoms with Crippen LogP contribution in [0.5, 0.6) is 0 Å². The van der Waals surface area contributed by atoms with Crippen LogP contribution < -0.4 is 15.1 Å². The number of amides is 2. The SMILES string of the molecule is O=C(Nc1ccc(N2CCCC2)cn1)C1CCN(c2ccc(Cl)cc2)C1=O. The number of nitrogens with zero attached hydrogens (tertiary/aromatic N) is 3. The maximum Gasteiger partial charge on any atom is 0.239 e. The van der Waals surface area contributed by atoms with Crippen molar-refractivity contribution < 1.29 is 9.59 Å². The second-order valence-electron chi connectivity index (χ2n) is 6.89. The highest BCUT2D eigenvalue weighted by Crippen LogP contribution is 2.27. The number of hydrogen-bond donors (Lipinski definition) is 1. The molecule has 0 aliphatic carbocycles. The van der Waals surface area contributed by atoms with Gasteiger partial charge < -0.3 is 15.1 Å². The predicted molar refractivity (Wildman–Crippen MR) is 106 cm³/mol. The van der Waals surface area contributed by atoms with Crippen LogP contribution in [-0.4, -0.2) is 36.4 Å². The topological polar surface area (TPSA) is 65.5 Å². The molecular formula is C20H21ClN4O2. The Hall–Kier alpha value is -2.60. The number of pyridine rings is 1. The first-order valence-corrected chi connectivity index (χ1v) is 9.58. The molecule has 27 heavy (non-hydrogen) atoms. The summed E-state index contributed by atoms with van der Waals surface area (Å²) < 4.78 is 0. The fraction of sp³-hybridized carbons (Fsp3) is 0.350. The van der Waals surface area contributed by atoms with E-state index >= 15 is 0 Å². The molecule has 2 saturated heterocycles. The molecule has 2 aliphatic rings. The van der Waals surface area contributed by atoms with E-state index in [2.05, 4.69) is 15.2 Å². The first-order chi connectivity index (χ1) is 13.1. The van der Waals surface area contributed by atoms with Crippen molar-refractivity contribution in [3.63, 3.8) is 0 Å². The van der Waals surface area contributed by atoms with Crippen LogP contribution in [0.15, 0.2) is 42.6 Å². The van der Waals surface area contributed by atoms with E-state index in [0.717, 1.165) is 24.5 Å². The molecule has 0 radical (unpaired) electrons. The van der Waals surface area contributed by atoms with E-state index in [9.17, 15) is 9.59 Å². The summed E-state index contributed by atoms with van der Waals surface area (Å²) in [5.74, 6) is -0.720. The van der Waals surface area contributed by atoms with Crippen molar-refractivity contribution in [1.82, 2.24) is 4.98 Å². The first kappa shape index (κ1) is 17.8. The number of aromatic nitrogens is 1. The van der Waals surface area contributed by atoms with E-state index in [1.165, 1.54) is 12.8 Å². The van der Waals surface area contributed by atoms with Crippen molar-refractivity contribution in [1.29, 1.82) is 0 Å². The van der Waals surface area contributed by atoms with Crippen LogP contribution in [0, 0.1) is 5.92 Å². The van der Waals surface area contributed by atoms with Gasteiger partial charge in [-0.1, -0.05) is 11.6 Å². The molecule has 1 aromatic heterocycles. The first-order valence-electron chi connectivity index (χ1n) is 9.20. The minimum Gasteiger partial charge on any atom is -0.370 e. The smallest absolute Gasteiger partial charge is 0.239 e. The quantitative estimate of drug-likeness (QED) is 0.821. The van der Waals surface area contributed by atoms with Crippen LogP contribution in [-0.2, 0) is 9.59 Å². The van der Waals surface area contributed by atoms with E-state index < -0.39 is 5.92 Å². The monoisotopic (exact) mass is 384 g/mol. The second-order valence-corrected chi connectivity index (χ2v) is 7.33. The lowest BCUT2D eigenvalue weighted by Crippen LogP contribution is -2.33. The molecule has 1 aromatic carbocycles. The van der Waals surface area contributed by atoms with Gasteiger partial charge in [0.15, 0.2) is 0 Å². The lowest BCUT2D eigenvalue weighted by molar-refractivity contribution is -0.129. The van der Waals surface area contributed by atoms with Gasteiger partial charge in [0.1, 0.15) is 11.7 Å². The van der Waals surface area contributed by atoms with Gasteiger partial charge in [-0.15, -0.1) is 0 Å². The zero-order chi connectivity index (χ0) is 18.8.